The first-order valence-corrected chi connectivity index (χ1v) is 17.7. The van der Waals surface area contributed by atoms with Gasteiger partial charge in [0.2, 0.25) is 0 Å². The maximum atomic E-state index is 11.2. The van der Waals surface area contributed by atoms with Crippen LogP contribution in [0.15, 0.2) is 12.8 Å². The number of carboxylic acid groups (broad SMARTS) is 1. The summed E-state index contributed by atoms with van der Waals surface area (Å²) in [5, 5.41) is 8.63. The first-order valence-electron chi connectivity index (χ1n) is 17.7. The number of esters is 1. The standard InChI is InChI=1S/C36H68O4/c1-2-40-36(39)34-32-30-28-26-24-22-20-18-16-14-12-10-8-6-4-3-5-7-9-11-13-15-17-19-21-23-25-27-29-31-33-35(37)38/h2H,1,3-34H2,(H,37,38). The first kappa shape index (κ1) is 38.7. The van der Waals surface area contributed by atoms with Crippen molar-refractivity contribution in [3.05, 3.63) is 12.8 Å². The van der Waals surface area contributed by atoms with E-state index in [2.05, 4.69) is 6.58 Å². The molecule has 0 aromatic rings. The number of ether oxygens (including phenoxy) is 1. The summed E-state index contributed by atoms with van der Waals surface area (Å²) in [7, 11) is 0. The summed E-state index contributed by atoms with van der Waals surface area (Å²) >= 11 is 0. The fourth-order valence-electron chi connectivity index (χ4n) is 5.65. The minimum absolute atomic E-state index is 0.151. The van der Waals surface area contributed by atoms with Crippen molar-refractivity contribution < 1.29 is 19.4 Å². The topological polar surface area (TPSA) is 63.6 Å². The van der Waals surface area contributed by atoms with Crippen LogP contribution in [0, 0.1) is 0 Å². The minimum atomic E-state index is -0.655. The number of rotatable bonds is 34. The monoisotopic (exact) mass is 565 g/mol. The highest BCUT2D eigenvalue weighted by molar-refractivity contribution is 5.69. The predicted molar refractivity (Wildman–Crippen MR) is 172 cm³/mol. The van der Waals surface area contributed by atoms with Crippen LogP contribution in [-0.2, 0) is 14.3 Å². The third-order valence-corrected chi connectivity index (χ3v) is 8.24. The summed E-state index contributed by atoms with van der Waals surface area (Å²) in [6.45, 7) is 3.40. The van der Waals surface area contributed by atoms with Crippen molar-refractivity contribution in [2.75, 3.05) is 0 Å². The average Bonchev–Trinajstić information content (AvgIpc) is 2.93. The SMILES string of the molecule is C=COC(=O)CCCCCCCCCCCCCCCCCCCCCCCCCCCCCCCCC(=O)O. The van der Waals surface area contributed by atoms with Gasteiger partial charge in [-0.15, -0.1) is 0 Å². The maximum absolute atomic E-state index is 11.2. The molecular weight excluding hydrogens is 496 g/mol. The van der Waals surface area contributed by atoms with Crippen molar-refractivity contribution in [3.8, 4) is 0 Å². The van der Waals surface area contributed by atoms with E-state index in [0.29, 0.717) is 12.8 Å². The normalized spacial score (nSPS) is 11.1. The lowest BCUT2D eigenvalue weighted by molar-refractivity contribution is -0.138. The molecule has 0 aliphatic heterocycles. The molecule has 0 saturated carbocycles. The second-order valence-electron chi connectivity index (χ2n) is 12.2. The third-order valence-electron chi connectivity index (χ3n) is 8.24. The lowest BCUT2D eigenvalue weighted by Gasteiger charge is -2.05. The van der Waals surface area contributed by atoms with Gasteiger partial charge < -0.3 is 9.84 Å². The zero-order valence-electron chi connectivity index (χ0n) is 26.6. The Balaban J connectivity index is 3.06. The summed E-state index contributed by atoms with van der Waals surface area (Å²) in [5.74, 6) is -0.805. The van der Waals surface area contributed by atoms with Crippen LogP contribution < -0.4 is 0 Å². The first-order chi connectivity index (χ1) is 19.7. The molecule has 236 valence electrons. The summed E-state index contributed by atoms with van der Waals surface area (Å²) < 4.78 is 4.73. The number of hydrogen-bond donors (Lipinski definition) is 1. The molecule has 0 spiro atoms. The molecule has 0 aliphatic carbocycles. The molecule has 0 radical (unpaired) electrons. The number of hydrogen-bond acceptors (Lipinski definition) is 3. The van der Waals surface area contributed by atoms with E-state index < -0.39 is 5.97 Å². The molecule has 4 heteroatoms. The molecular formula is C36H68O4. The van der Waals surface area contributed by atoms with Crippen molar-refractivity contribution in [3.63, 3.8) is 0 Å². The molecule has 0 atom stereocenters. The average molecular weight is 565 g/mol. The molecule has 0 rings (SSSR count). The Kier molecular flexibility index (Phi) is 32.8. The second kappa shape index (κ2) is 33.9. The third kappa shape index (κ3) is 34.7. The molecule has 0 aliphatic rings. The Morgan fingerprint density at radius 2 is 0.600 bits per heavy atom. The number of carboxylic acids is 1. The molecule has 0 heterocycles. The summed E-state index contributed by atoms with van der Waals surface area (Å²) in [6, 6.07) is 0. The van der Waals surface area contributed by atoms with Gasteiger partial charge in [0.15, 0.2) is 0 Å². The molecule has 0 unspecified atom stereocenters. The van der Waals surface area contributed by atoms with Crippen LogP contribution in [0.2, 0.25) is 0 Å². The van der Waals surface area contributed by atoms with Gasteiger partial charge in [0, 0.05) is 12.8 Å². The van der Waals surface area contributed by atoms with Crippen LogP contribution in [0.4, 0.5) is 0 Å². The van der Waals surface area contributed by atoms with E-state index in [1.165, 1.54) is 173 Å². The Hall–Kier alpha value is -1.32. The lowest BCUT2D eigenvalue weighted by Crippen LogP contribution is -1.98. The van der Waals surface area contributed by atoms with Crippen molar-refractivity contribution in [2.45, 2.75) is 205 Å². The predicted octanol–water partition coefficient (Wildman–Crippen LogP) is 12.2. The van der Waals surface area contributed by atoms with E-state index in [0.717, 1.165) is 25.7 Å². The molecule has 0 amide bonds. The van der Waals surface area contributed by atoms with Crippen molar-refractivity contribution in [1.82, 2.24) is 0 Å². The number of aliphatic carboxylic acids is 1. The van der Waals surface area contributed by atoms with Crippen molar-refractivity contribution >= 4 is 11.9 Å². The Bertz CT molecular complexity index is 545. The quantitative estimate of drug-likeness (QED) is 0.0479. The molecule has 1 N–H and O–H groups in total. The van der Waals surface area contributed by atoms with E-state index in [9.17, 15) is 9.59 Å². The fourth-order valence-corrected chi connectivity index (χ4v) is 5.65. The number of carbonyl (C=O) groups excluding carboxylic acids is 1. The molecule has 0 saturated heterocycles. The van der Waals surface area contributed by atoms with E-state index in [-0.39, 0.29) is 5.97 Å². The largest absolute Gasteiger partial charge is 0.481 e. The highest BCUT2D eigenvalue weighted by Crippen LogP contribution is 2.16. The Labute approximate surface area is 249 Å². The van der Waals surface area contributed by atoms with Crippen LogP contribution in [0.3, 0.4) is 0 Å². The zero-order chi connectivity index (χ0) is 29.2. The smallest absolute Gasteiger partial charge is 0.310 e. The fraction of sp³-hybridized carbons (Fsp3) is 0.889. The highest BCUT2D eigenvalue weighted by Gasteiger charge is 2.01. The molecule has 4 nitrogen and oxygen atoms in total. The van der Waals surface area contributed by atoms with E-state index >= 15 is 0 Å². The molecule has 0 aromatic carbocycles. The zero-order valence-corrected chi connectivity index (χ0v) is 26.6. The molecule has 40 heavy (non-hydrogen) atoms. The van der Waals surface area contributed by atoms with Gasteiger partial charge in [0.1, 0.15) is 0 Å². The van der Waals surface area contributed by atoms with E-state index in [4.69, 9.17) is 9.84 Å². The van der Waals surface area contributed by atoms with Crippen LogP contribution >= 0.6 is 0 Å². The van der Waals surface area contributed by atoms with Gasteiger partial charge in [0.05, 0.1) is 6.26 Å². The lowest BCUT2D eigenvalue weighted by atomic mass is 10.0. The summed E-state index contributed by atoms with van der Waals surface area (Å²) in [5.41, 5.74) is 0. The van der Waals surface area contributed by atoms with Crippen molar-refractivity contribution in [2.24, 2.45) is 0 Å². The van der Waals surface area contributed by atoms with E-state index in [1.54, 1.807) is 0 Å². The van der Waals surface area contributed by atoms with Gasteiger partial charge in [-0.3, -0.25) is 9.59 Å². The van der Waals surface area contributed by atoms with Crippen LogP contribution in [0.5, 0.6) is 0 Å². The van der Waals surface area contributed by atoms with Crippen LogP contribution in [-0.4, -0.2) is 17.0 Å². The van der Waals surface area contributed by atoms with E-state index in [1.807, 2.05) is 0 Å². The van der Waals surface area contributed by atoms with Crippen LogP contribution in [0.25, 0.3) is 0 Å². The molecule has 0 bridgehead atoms. The minimum Gasteiger partial charge on any atom is -0.481 e. The number of carbonyl (C=O) groups is 2. The van der Waals surface area contributed by atoms with Gasteiger partial charge in [-0.1, -0.05) is 186 Å². The Morgan fingerprint density at radius 1 is 0.400 bits per heavy atom. The molecule has 0 fully saturated rings. The number of unbranched alkanes of at least 4 members (excludes halogenated alkanes) is 29. The van der Waals surface area contributed by atoms with Crippen LogP contribution in [0.1, 0.15) is 205 Å². The summed E-state index contributed by atoms with van der Waals surface area (Å²) in [6.07, 6.45) is 42.2. The molecule has 0 aromatic heterocycles. The Morgan fingerprint density at radius 3 is 0.800 bits per heavy atom. The maximum Gasteiger partial charge on any atom is 0.310 e. The van der Waals surface area contributed by atoms with Gasteiger partial charge in [-0.25, -0.2) is 0 Å². The van der Waals surface area contributed by atoms with Gasteiger partial charge in [0.25, 0.3) is 0 Å². The second-order valence-corrected chi connectivity index (χ2v) is 12.2. The van der Waals surface area contributed by atoms with Gasteiger partial charge in [-0.05, 0) is 12.8 Å². The van der Waals surface area contributed by atoms with Gasteiger partial charge in [-0.2, -0.15) is 0 Å². The highest BCUT2D eigenvalue weighted by atomic mass is 16.5. The van der Waals surface area contributed by atoms with Crippen molar-refractivity contribution in [1.29, 1.82) is 0 Å². The van der Waals surface area contributed by atoms with Gasteiger partial charge >= 0.3 is 11.9 Å². The summed E-state index contributed by atoms with van der Waals surface area (Å²) in [4.78, 5) is 21.7.